The lowest BCUT2D eigenvalue weighted by molar-refractivity contribution is -0.276. The molecule has 3 heterocycles. The zero-order valence-corrected chi connectivity index (χ0v) is 12.8. The van der Waals surface area contributed by atoms with E-state index in [0.717, 1.165) is 23.2 Å². The molecule has 0 aromatic carbocycles. The Kier molecular flexibility index (Phi) is 3.38. The van der Waals surface area contributed by atoms with Gasteiger partial charge in [-0.2, -0.15) is 5.10 Å². The summed E-state index contributed by atoms with van der Waals surface area (Å²) in [5.41, 5.74) is 2.56. The number of rotatable bonds is 3. The fraction of sp³-hybridized carbons (Fsp3) is 0.267. The minimum Gasteiger partial charge on any atom is -0.388 e. The maximum Gasteiger partial charge on any atom is 0.574 e. The number of pyridine rings is 1. The number of nitrogens with zero attached hydrogens (tertiary/aromatic N) is 4. The molecule has 3 aromatic heterocycles. The van der Waals surface area contributed by atoms with Gasteiger partial charge in [0.25, 0.3) is 0 Å². The Labute approximate surface area is 139 Å². The number of hydrogen-bond acceptors (Lipinski definition) is 4. The van der Waals surface area contributed by atoms with Crippen molar-refractivity contribution in [3.8, 4) is 5.88 Å². The number of aromatic nitrogens is 4. The van der Waals surface area contributed by atoms with Crippen LogP contribution in [-0.4, -0.2) is 25.9 Å². The van der Waals surface area contributed by atoms with E-state index in [1.165, 1.54) is 12.3 Å². The smallest absolute Gasteiger partial charge is 0.388 e. The average Bonchev–Trinajstić information content (AvgIpc) is 3.15. The normalized spacial score (nSPS) is 20.3. The molecular weight excluding hydrogens is 345 g/mol. The van der Waals surface area contributed by atoms with Crippen molar-refractivity contribution >= 4 is 17.2 Å². The van der Waals surface area contributed by atoms with Crippen molar-refractivity contribution < 1.29 is 17.9 Å². The quantitative estimate of drug-likeness (QED) is 0.714. The van der Waals surface area contributed by atoms with Crippen LogP contribution in [0.1, 0.15) is 29.4 Å². The molecule has 4 rings (SSSR count). The third kappa shape index (κ3) is 2.89. The Morgan fingerprint density at radius 1 is 1.21 bits per heavy atom. The van der Waals surface area contributed by atoms with E-state index < -0.39 is 12.2 Å². The molecule has 0 N–H and O–H groups in total. The van der Waals surface area contributed by atoms with Crippen LogP contribution in [0.2, 0.25) is 5.15 Å². The molecular formula is C15H10ClF3N4O. The molecule has 1 saturated carbocycles. The second-order valence-electron chi connectivity index (χ2n) is 5.54. The minimum atomic E-state index is -4.74. The lowest BCUT2D eigenvalue weighted by Gasteiger charge is -2.08. The highest BCUT2D eigenvalue weighted by atomic mass is 35.5. The predicted octanol–water partition coefficient (Wildman–Crippen LogP) is 3.95. The van der Waals surface area contributed by atoms with Gasteiger partial charge < -0.3 is 4.74 Å². The highest BCUT2D eigenvalue weighted by Gasteiger charge is 2.41. The standard InChI is InChI=1S/C15H10ClF3N4O/c16-12-6-11(14-20-3-4-23(14)22-12)10-5-9(10)8-1-2-13(21-7-8)24-15(17,18)19/h1-4,6-7,9-10H,5H2/t9-,10+/m1/s1. The number of ether oxygens (including phenoxy) is 1. The summed E-state index contributed by atoms with van der Waals surface area (Å²) < 4.78 is 41.9. The first kappa shape index (κ1) is 15.2. The summed E-state index contributed by atoms with van der Waals surface area (Å²) in [6, 6.07) is 4.61. The maximum atomic E-state index is 12.2. The zero-order valence-electron chi connectivity index (χ0n) is 12.0. The number of fused-ring (bicyclic) bond motifs is 1. The Hall–Kier alpha value is -2.35. The third-order valence-corrected chi connectivity index (χ3v) is 4.14. The van der Waals surface area contributed by atoms with Gasteiger partial charge in [0.2, 0.25) is 5.88 Å². The van der Waals surface area contributed by atoms with Crippen LogP contribution in [0, 0.1) is 0 Å². The number of halogens is 4. The van der Waals surface area contributed by atoms with Gasteiger partial charge in [-0.15, -0.1) is 13.2 Å². The van der Waals surface area contributed by atoms with E-state index in [2.05, 4.69) is 19.8 Å². The molecule has 5 nitrogen and oxygen atoms in total. The Balaban J connectivity index is 1.56. The van der Waals surface area contributed by atoms with Gasteiger partial charge in [-0.3, -0.25) is 0 Å². The largest absolute Gasteiger partial charge is 0.574 e. The molecule has 0 radical (unpaired) electrons. The predicted molar refractivity (Wildman–Crippen MR) is 79.0 cm³/mol. The van der Waals surface area contributed by atoms with Crippen molar-refractivity contribution in [2.24, 2.45) is 0 Å². The van der Waals surface area contributed by atoms with Crippen molar-refractivity contribution in [2.75, 3.05) is 0 Å². The SMILES string of the molecule is FC(F)(F)Oc1ccc([C@H]2C[C@@H]2c2cc(Cl)nn3ccnc23)cn1. The molecule has 0 aliphatic heterocycles. The second kappa shape index (κ2) is 5.34. The Morgan fingerprint density at radius 3 is 2.75 bits per heavy atom. The van der Waals surface area contributed by atoms with E-state index in [0.29, 0.717) is 5.15 Å². The Morgan fingerprint density at radius 2 is 2.04 bits per heavy atom. The van der Waals surface area contributed by atoms with Gasteiger partial charge in [-0.05, 0) is 29.9 Å². The summed E-state index contributed by atoms with van der Waals surface area (Å²) in [6.07, 6.45) is 0.884. The van der Waals surface area contributed by atoms with Gasteiger partial charge in [0.1, 0.15) is 5.15 Å². The molecule has 0 amide bonds. The first-order chi connectivity index (χ1) is 11.4. The Bertz CT molecular complexity index is 894. The zero-order chi connectivity index (χ0) is 16.9. The molecule has 1 fully saturated rings. The third-order valence-electron chi connectivity index (χ3n) is 3.96. The summed E-state index contributed by atoms with van der Waals surface area (Å²) in [6.45, 7) is 0. The van der Waals surface area contributed by atoms with Crippen LogP contribution in [0.15, 0.2) is 36.8 Å². The summed E-state index contributed by atoms with van der Waals surface area (Å²) in [5.74, 6) is -0.117. The topological polar surface area (TPSA) is 52.3 Å². The van der Waals surface area contributed by atoms with Crippen LogP contribution in [-0.2, 0) is 0 Å². The molecule has 0 spiro atoms. The van der Waals surface area contributed by atoms with Gasteiger partial charge in [-0.25, -0.2) is 14.5 Å². The fourth-order valence-electron chi connectivity index (χ4n) is 2.88. The van der Waals surface area contributed by atoms with Crippen molar-refractivity contribution in [3.63, 3.8) is 0 Å². The monoisotopic (exact) mass is 354 g/mol. The van der Waals surface area contributed by atoms with Crippen LogP contribution < -0.4 is 4.74 Å². The highest BCUT2D eigenvalue weighted by molar-refractivity contribution is 6.29. The molecule has 9 heteroatoms. The molecule has 124 valence electrons. The van der Waals surface area contributed by atoms with E-state index in [1.54, 1.807) is 29.0 Å². The summed E-state index contributed by atoms with van der Waals surface area (Å²) in [4.78, 5) is 8.01. The van der Waals surface area contributed by atoms with Crippen molar-refractivity contribution in [3.05, 3.63) is 53.1 Å². The molecule has 0 unspecified atom stereocenters. The summed E-state index contributed by atoms with van der Waals surface area (Å²) in [5, 5.41) is 4.50. The number of alkyl halides is 3. The molecule has 3 aromatic rings. The van der Waals surface area contributed by atoms with E-state index >= 15 is 0 Å². The molecule has 1 aliphatic rings. The van der Waals surface area contributed by atoms with Gasteiger partial charge >= 0.3 is 6.36 Å². The fourth-order valence-corrected chi connectivity index (χ4v) is 3.08. The van der Waals surface area contributed by atoms with Crippen molar-refractivity contribution in [2.45, 2.75) is 24.6 Å². The molecule has 24 heavy (non-hydrogen) atoms. The van der Waals surface area contributed by atoms with Crippen LogP contribution in [0.5, 0.6) is 5.88 Å². The van der Waals surface area contributed by atoms with Crippen molar-refractivity contribution in [1.82, 2.24) is 19.6 Å². The van der Waals surface area contributed by atoms with E-state index in [4.69, 9.17) is 11.6 Å². The number of imidazole rings is 1. The first-order valence-corrected chi connectivity index (χ1v) is 7.50. The van der Waals surface area contributed by atoms with Gasteiger partial charge in [0.15, 0.2) is 5.65 Å². The van der Waals surface area contributed by atoms with Crippen molar-refractivity contribution in [1.29, 1.82) is 0 Å². The first-order valence-electron chi connectivity index (χ1n) is 7.12. The van der Waals surface area contributed by atoms with E-state index in [1.807, 2.05) is 0 Å². The molecule has 0 bridgehead atoms. The molecule has 0 saturated heterocycles. The molecule has 1 aliphatic carbocycles. The van der Waals surface area contributed by atoms with Gasteiger partial charge in [0, 0.05) is 30.2 Å². The number of hydrogen-bond donors (Lipinski definition) is 0. The van der Waals surface area contributed by atoms with Crippen LogP contribution in [0.3, 0.4) is 0 Å². The summed E-state index contributed by atoms with van der Waals surface area (Å²) >= 11 is 6.03. The molecule has 2 atom stereocenters. The lowest BCUT2D eigenvalue weighted by atomic mass is 10.1. The van der Waals surface area contributed by atoms with Crippen LogP contribution in [0.25, 0.3) is 5.65 Å². The maximum absolute atomic E-state index is 12.2. The van der Waals surface area contributed by atoms with Gasteiger partial charge in [0.05, 0.1) is 0 Å². The lowest BCUT2D eigenvalue weighted by Crippen LogP contribution is -2.17. The van der Waals surface area contributed by atoms with E-state index in [9.17, 15) is 13.2 Å². The van der Waals surface area contributed by atoms with Crippen LogP contribution >= 0.6 is 11.6 Å². The van der Waals surface area contributed by atoms with Crippen LogP contribution in [0.4, 0.5) is 13.2 Å². The average molecular weight is 355 g/mol. The second-order valence-corrected chi connectivity index (χ2v) is 5.93. The minimum absolute atomic E-state index is 0.163. The van der Waals surface area contributed by atoms with E-state index in [-0.39, 0.29) is 11.8 Å². The summed E-state index contributed by atoms with van der Waals surface area (Å²) in [7, 11) is 0. The highest BCUT2D eigenvalue weighted by Crippen LogP contribution is 2.55. The van der Waals surface area contributed by atoms with Gasteiger partial charge in [-0.1, -0.05) is 17.7 Å².